The van der Waals surface area contributed by atoms with Gasteiger partial charge < -0.3 is 15.5 Å². The van der Waals surface area contributed by atoms with E-state index >= 15 is 4.39 Å². The number of carbonyl (C=O) groups excluding carboxylic acids is 1. The van der Waals surface area contributed by atoms with Crippen LogP contribution in [0.5, 0.6) is 0 Å². The van der Waals surface area contributed by atoms with Crippen molar-refractivity contribution in [3.63, 3.8) is 0 Å². The van der Waals surface area contributed by atoms with Gasteiger partial charge in [0, 0.05) is 30.9 Å². The van der Waals surface area contributed by atoms with Crippen molar-refractivity contribution in [2.75, 3.05) is 27.2 Å². The van der Waals surface area contributed by atoms with Crippen LogP contribution in [-0.4, -0.2) is 63.8 Å². The summed E-state index contributed by atoms with van der Waals surface area (Å²) in [5.74, 6) is -1.22. The van der Waals surface area contributed by atoms with E-state index in [1.54, 1.807) is 6.92 Å². The SMILES string of the molecule is CN(C)[C@@H]1CCN(C(=O)[C@]23C=C2[C@@](C)(c2cc(/C=C(\F)c4ccc(C#N)cn4)ccc2F)N=C(N)S3)C1. The van der Waals surface area contributed by atoms with E-state index in [9.17, 15) is 9.18 Å². The molecule has 37 heavy (non-hydrogen) atoms. The first kappa shape index (κ1) is 25.1. The molecule has 1 fully saturated rings. The lowest BCUT2D eigenvalue weighted by Crippen LogP contribution is -2.46. The molecule has 10 heteroatoms. The average molecular weight is 521 g/mol. The van der Waals surface area contributed by atoms with Gasteiger partial charge in [-0.1, -0.05) is 23.9 Å². The fourth-order valence-electron chi connectivity index (χ4n) is 5.06. The van der Waals surface area contributed by atoms with Crippen LogP contribution in [0.15, 0.2) is 53.2 Å². The van der Waals surface area contributed by atoms with Crippen molar-refractivity contribution in [3.8, 4) is 6.07 Å². The second-order valence-electron chi connectivity index (χ2n) is 9.85. The topological polar surface area (TPSA) is 98.6 Å². The summed E-state index contributed by atoms with van der Waals surface area (Å²) in [6, 6.07) is 9.35. The van der Waals surface area contributed by atoms with Crippen molar-refractivity contribution >= 4 is 34.7 Å². The fourth-order valence-corrected chi connectivity index (χ4v) is 6.32. The minimum Gasteiger partial charge on any atom is -0.378 e. The monoisotopic (exact) mass is 520 g/mol. The molecule has 7 nitrogen and oxygen atoms in total. The fraction of sp³-hybridized carbons (Fsp3) is 0.333. The number of fused-ring (bicyclic) bond motifs is 1. The van der Waals surface area contributed by atoms with Crippen molar-refractivity contribution in [1.82, 2.24) is 14.8 Å². The van der Waals surface area contributed by atoms with Crippen LogP contribution in [0.2, 0.25) is 0 Å². The van der Waals surface area contributed by atoms with Crippen LogP contribution in [0.1, 0.15) is 35.7 Å². The number of nitrogens with zero attached hydrogens (tertiary/aromatic N) is 5. The van der Waals surface area contributed by atoms with Gasteiger partial charge in [0.25, 0.3) is 0 Å². The Kier molecular flexibility index (Phi) is 6.16. The number of likely N-dealkylation sites (tertiary alicyclic amines) is 1. The second-order valence-corrected chi connectivity index (χ2v) is 11.1. The Morgan fingerprint density at radius 2 is 2.14 bits per heavy atom. The van der Waals surface area contributed by atoms with Crippen LogP contribution < -0.4 is 5.73 Å². The van der Waals surface area contributed by atoms with Gasteiger partial charge in [0.15, 0.2) is 5.17 Å². The lowest BCUT2D eigenvalue weighted by atomic mass is 9.85. The normalized spacial score (nSPS) is 26.9. The van der Waals surface area contributed by atoms with Crippen LogP contribution in [0.3, 0.4) is 0 Å². The maximum atomic E-state index is 15.2. The third-order valence-corrected chi connectivity index (χ3v) is 8.37. The van der Waals surface area contributed by atoms with Crippen LogP contribution in [0.4, 0.5) is 8.78 Å². The molecule has 1 aromatic heterocycles. The van der Waals surface area contributed by atoms with E-state index in [1.807, 2.05) is 31.1 Å². The molecule has 1 saturated heterocycles. The Balaban J connectivity index is 1.45. The van der Waals surface area contributed by atoms with Gasteiger partial charge in [0.2, 0.25) is 5.91 Å². The Labute approximate surface area is 218 Å². The number of rotatable bonds is 5. The van der Waals surface area contributed by atoms with E-state index in [0.29, 0.717) is 29.8 Å². The number of nitriles is 1. The summed E-state index contributed by atoms with van der Waals surface area (Å²) in [6.07, 6.45) is 5.25. The molecular weight excluding hydrogens is 494 g/mol. The van der Waals surface area contributed by atoms with E-state index in [0.717, 1.165) is 6.42 Å². The summed E-state index contributed by atoms with van der Waals surface area (Å²) in [7, 11) is 4.00. The van der Waals surface area contributed by atoms with Crippen molar-refractivity contribution in [2.45, 2.75) is 29.7 Å². The van der Waals surface area contributed by atoms with Gasteiger partial charge >= 0.3 is 0 Å². The Hall–Kier alpha value is -3.55. The first-order chi connectivity index (χ1) is 17.6. The van der Waals surface area contributed by atoms with E-state index in [2.05, 4.69) is 14.9 Å². The molecule has 2 aliphatic heterocycles. The molecule has 190 valence electrons. The molecule has 0 unspecified atom stereocenters. The van der Waals surface area contributed by atoms with E-state index in [4.69, 9.17) is 11.0 Å². The smallest absolute Gasteiger partial charge is 0.247 e. The van der Waals surface area contributed by atoms with E-state index < -0.39 is 21.9 Å². The molecule has 3 aliphatic rings. The highest BCUT2D eigenvalue weighted by molar-refractivity contribution is 8.16. The average Bonchev–Trinajstić information content (AvgIpc) is 3.42. The van der Waals surface area contributed by atoms with Crippen LogP contribution >= 0.6 is 11.8 Å². The third kappa shape index (κ3) is 4.32. The standard InChI is InChI=1S/C27H26F2N6OS/c1-26(19-10-16(4-6-20(19)28)11-21(29)22-7-5-17(13-30)14-32-22)23-12-27(23,37-25(31)33-26)24(36)35-9-8-18(15-35)34(2)3/h4-7,10-12,14,18H,8-9,15H2,1-3H3,(H2,31,33)/b21-11-/t18-,26-,27+/m1/s1. The molecule has 0 bridgehead atoms. The number of aliphatic imine (C=N–C) groups is 1. The highest BCUT2D eigenvalue weighted by atomic mass is 32.2. The van der Waals surface area contributed by atoms with Crippen LogP contribution in [0, 0.1) is 17.1 Å². The van der Waals surface area contributed by atoms with Gasteiger partial charge in [0.1, 0.15) is 28.0 Å². The Morgan fingerprint density at radius 3 is 2.78 bits per heavy atom. The summed E-state index contributed by atoms with van der Waals surface area (Å²) in [5, 5.41) is 9.11. The second kappa shape index (κ2) is 9.08. The van der Waals surface area contributed by atoms with Crippen molar-refractivity contribution < 1.29 is 13.6 Å². The highest BCUT2D eigenvalue weighted by Gasteiger charge is 2.64. The minimum atomic E-state index is -1.21. The van der Waals surface area contributed by atoms with Gasteiger partial charge in [-0.3, -0.25) is 9.78 Å². The molecule has 1 aliphatic carbocycles. The first-order valence-electron chi connectivity index (χ1n) is 11.8. The number of amides is 1. The van der Waals surface area contributed by atoms with Crippen molar-refractivity contribution in [1.29, 1.82) is 5.26 Å². The van der Waals surface area contributed by atoms with Gasteiger partial charge in [-0.2, -0.15) is 5.26 Å². The maximum absolute atomic E-state index is 15.2. The molecular formula is C27H26F2N6OS. The minimum absolute atomic E-state index is 0.0589. The number of thioether (sulfide) groups is 1. The number of hydrogen-bond acceptors (Lipinski definition) is 7. The molecule has 2 aromatic rings. The lowest BCUT2D eigenvalue weighted by Gasteiger charge is -2.35. The molecule has 3 atom stereocenters. The van der Waals surface area contributed by atoms with Crippen LogP contribution in [-0.2, 0) is 10.3 Å². The van der Waals surface area contributed by atoms with E-state index in [1.165, 1.54) is 54.4 Å². The third-order valence-electron chi connectivity index (χ3n) is 7.23. The number of likely N-dealkylation sites (N-methyl/N-ethyl adjacent to an activating group) is 1. The molecule has 0 radical (unpaired) electrons. The van der Waals surface area contributed by atoms with Gasteiger partial charge in [0.05, 0.1) is 11.3 Å². The molecule has 2 N–H and O–H groups in total. The number of hydrogen-bond donors (Lipinski definition) is 1. The number of halogens is 2. The van der Waals surface area contributed by atoms with Crippen molar-refractivity contribution in [3.05, 3.63) is 76.4 Å². The molecule has 1 aromatic carbocycles. The Morgan fingerprint density at radius 1 is 1.35 bits per heavy atom. The molecule has 1 amide bonds. The summed E-state index contributed by atoms with van der Waals surface area (Å²) in [5.41, 5.74) is 6.68. The number of benzene rings is 1. The Bertz CT molecular complexity index is 1410. The largest absolute Gasteiger partial charge is 0.378 e. The molecule has 3 heterocycles. The highest BCUT2D eigenvalue weighted by Crippen LogP contribution is 2.61. The number of carbonyl (C=O) groups is 1. The maximum Gasteiger partial charge on any atom is 0.247 e. The number of nitrogens with two attached hydrogens (primary N) is 1. The molecule has 0 spiro atoms. The zero-order valence-electron chi connectivity index (χ0n) is 20.7. The summed E-state index contributed by atoms with van der Waals surface area (Å²) in [4.78, 5) is 26.1. The lowest BCUT2D eigenvalue weighted by molar-refractivity contribution is -0.130. The van der Waals surface area contributed by atoms with Gasteiger partial charge in [-0.25, -0.2) is 13.8 Å². The zero-order chi connectivity index (χ0) is 26.5. The number of pyridine rings is 1. The molecule has 5 rings (SSSR count). The summed E-state index contributed by atoms with van der Waals surface area (Å²) in [6.45, 7) is 3.01. The zero-order valence-corrected chi connectivity index (χ0v) is 21.5. The van der Waals surface area contributed by atoms with E-state index in [-0.39, 0.29) is 28.4 Å². The summed E-state index contributed by atoms with van der Waals surface area (Å²) < 4.78 is 29.2. The summed E-state index contributed by atoms with van der Waals surface area (Å²) >= 11 is 1.19. The van der Waals surface area contributed by atoms with Gasteiger partial charge in [-0.15, -0.1) is 0 Å². The van der Waals surface area contributed by atoms with Crippen LogP contribution in [0.25, 0.3) is 11.9 Å². The number of aromatic nitrogens is 1. The quantitative estimate of drug-likeness (QED) is 0.604. The van der Waals surface area contributed by atoms with Gasteiger partial charge in [-0.05, 0) is 68.9 Å². The predicted octanol–water partition coefficient (Wildman–Crippen LogP) is 3.68. The number of amidine groups is 1. The van der Waals surface area contributed by atoms with Crippen molar-refractivity contribution in [2.24, 2.45) is 10.7 Å². The first-order valence-corrected chi connectivity index (χ1v) is 12.7. The molecule has 0 saturated carbocycles. The predicted molar refractivity (Wildman–Crippen MR) is 140 cm³/mol.